The minimum absolute atomic E-state index is 0.158. The van der Waals surface area contributed by atoms with E-state index in [0.29, 0.717) is 0 Å². The standard InChI is InChI=1S/C22H20N2O/c1-25-21-14-12-19(13-15-21)23-17-16-22(18-8-4-2-5-9-18)24(23)20-10-6-3-7-11-20/h2-17,22H,1H3. The summed E-state index contributed by atoms with van der Waals surface area (Å²) in [5.41, 5.74) is 3.51. The number of nitrogens with zero attached hydrogens (tertiary/aromatic N) is 2. The molecule has 3 aromatic carbocycles. The molecule has 3 heteroatoms. The lowest BCUT2D eigenvalue weighted by Crippen LogP contribution is -2.37. The fourth-order valence-electron chi connectivity index (χ4n) is 3.16. The van der Waals surface area contributed by atoms with E-state index < -0.39 is 0 Å². The minimum Gasteiger partial charge on any atom is -0.497 e. The number of para-hydroxylation sites is 1. The van der Waals surface area contributed by atoms with Gasteiger partial charge in [-0.3, -0.25) is 10.0 Å². The summed E-state index contributed by atoms with van der Waals surface area (Å²) in [6, 6.07) is 29.3. The van der Waals surface area contributed by atoms with E-state index in [4.69, 9.17) is 4.74 Å². The van der Waals surface area contributed by atoms with Gasteiger partial charge in [0.25, 0.3) is 0 Å². The second kappa shape index (κ2) is 6.73. The molecular weight excluding hydrogens is 308 g/mol. The Labute approximate surface area is 148 Å². The molecule has 0 bridgehead atoms. The fourth-order valence-corrected chi connectivity index (χ4v) is 3.16. The van der Waals surface area contributed by atoms with Crippen LogP contribution in [-0.4, -0.2) is 7.11 Å². The van der Waals surface area contributed by atoms with Gasteiger partial charge >= 0.3 is 0 Å². The molecule has 0 radical (unpaired) electrons. The normalized spacial score (nSPS) is 16.3. The first-order valence-electron chi connectivity index (χ1n) is 8.37. The van der Waals surface area contributed by atoms with E-state index >= 15 is 0 Å². The Kier molecular flexibility index (Phi) is 4.13. The van der Waals surface area contributed by atoms with Crippen molar-refractivity contribution in [1.29, 1.82) is 0 Å². The van der Waals surface area contributed by atoms with E-state index in [1.807, 2.05) is 18.2 Å². The van der Waals surface area contributed by atoms with Crippen LogP contribution in [0.1, 0.15) is 11.6 Å². The van der Waals surface area contributed by atoms with Crippen LogP contribution < -0.4 is 14.8 Å². The SMILES string of the molecule is COc1ccc(N2C=CC(c3ccccc3)N2c2ccccc2)cc1. The highest BCUT2D eigenvalue weighted by Gasteiger charge is 2.28. The van der Waals surface area contributed by atoms with Crippen molar-refractivity contribution in [1.82, 2.24) is 0 Å². The quantitative estimate of drug-likeness (QED) is 0.655. The van der Waals surface area contributed by atoms with E-state index in [-0.39, 0.29) is 6.04 Å². The van der Waals surface area contributed by atoms with Crippen LogP contribution in [0.25, 0.3) is 0 Å². The van der Waals surface area contributed by atoms with Crippen molar-refractivity contribution in [3.05, 3.63) is 103 Å². The third kappa shape index (κ3) is 2.96. The molecule has 0 N–H and O–H groups in total. The first-order chi connectivity index (χ1) is 12.4. The van der Waals surface area contributed by atoms with E-state index in [0.717, 1.165) is 17.1 Å². The predicted molar refractivity (Wildman–Crippen MR) is 103 cm³/mol. The number of rotatable bonds is 4. The number of hydrazine groups is 1. The van der Waals surface area contributed by atoms with Gasteiger partial charge < -0.3 is 4.74 Å². The third-order valence-electron chi connectivity index (χ3n) is 4.40. The second-order valence-corrected chi connectivity index (χ2v) is 5.92. The lowest BCUT2D eigenvalue weighted by atomic mass is 10.1. The molecule has 0 aliphatic carbocycles. The highest BCUT2D eigenvalue weighted by Crippen LogP contribution is 2.37. The molecule has 1 atom stereocenters. The van der Waals surface area contributed by atoms with Gasteiger partial charge in [0.2, 0.25) is 0 Å². The highest BCUT2D eigenvalue weighted by atomic mass is 16.5. The predicted octanol–water partition coefficient (Wildman–Crippen LogP) is 5.19. The highest BCUT2D eigenvalue weighted by molar-refractivity contribution is 5.65. The summed E-state index contributed by atoms with van der Waals surface area (Å²) < 4.78 is 5.28. The summed E-state index contributed by atoms with van der Waals surface area (Å²) in [5.74, 6) is 0.859. The zero-order valence-corrected chi connectivity index (χ0v) is 14.1. The Balaban J connectivity index is 1.74. The van der Waals surface area contributed by atoms with Gasteiger partial charge in [-0.2, -0.15) is 0 Å². The Hall–Kier alpha value is -3.20. The number of benzene rings is 3. The first kappa shape index (κ1) is 15.3. The molecule has 1 unspecified atom stereocenters. The van der Waals surface area contributed by atoms with Gasteiger partial charge in [-0.25, -0.2) is 0 Å². The molecule has 0 fully saturated rings. The topological polar surface area (TPSA) is 15.7 Å². The minimum atomic E-state index is 0.158. The lowest BCUT2D eigenvalue weighted by Gasteiger charge is -2.35. The molecule has 3 nitrogen and oxygen atoms in total. The molecule has 0 saturated carbocycles. The van der Waals surface area contributed by atoms with Crippen LogP contribution in [0.15, 0.2) is 97.2 Å². The summed E-state index contributed by atoms with van der Waals surface area (Å²) in [7, 11) is 1.69. The summed E-state index contributed by atoms with van der Waals surface area (Å²) >= 11 is 0. The molecular formula is C22H20N2O. The van der Waals surface area contributed by atoms with Crippen molar-refractivity contribution in [2.24, 2.45) is 0 Å². The molecule has 0 spiro atoms. The number of methoxy groups -OCH3 is 1. The summed E-state index contributed by atoms with van der Waals surface area (Å²) in [6.45, 7) is 0. The van der Waals surface area contributed by atoms with Crippen LogP contribution in [0.4, 0.5) is 11.4 Å². The lowest BCUT2D eigenvalue weighted by molar-refractivity contribution is 0.415. The maximum atomic E-state index is 5.28. The van der Waals surface area contributed by atoms with E-state index in [1.165, 1.54) is 5.56 Å². The summed E-state index contributed by atoms with van der Waals surface area (Å²) in [5, 5.41) is 4.49. The Morgan fingerprint density at radius 1 is 0.720 bits per heavy atom. The van der Waals surface area contributed by atoms with Crippen molar-refractivity contribution in [2.75, 3.05) is 17.1 Å². The molecule has 124 valence electrons. The van der Waals surface area contributed by atoms with Gasteiger partial charge in [-0.15, -0.1) is 0 Å². The molecule has 1 heterocycles. The molecule has 1 aliphatic rings. The van der Waals surface area contributed by atoms with Crippen molar-refractivity contribution in [3.8, 4) is 5.75 Å². The Morgan fingerprint density at radius 3 is 2.00 bits per heavy atom. The average Bonchev–Trinajstić information content (AvgIpc) is 3.14. The monoisotopic (exact) mass is 328 g/mol. The molecule has 4 rings (SSSR count). The molecule has 0 aromatic heterocycles. The maximum Gasteiger partial charge on any atom is 0.119 e. The van der Waals surface area contributed by atoms with Crippen molar-refractivity contribution in [2.45, 2.75) is 6.04 Å². The molecule has 1 aliphatic heterocycles. The second-order valence-electron chi connectivity index (χ2n) is 5.92. The zero-order chi connectivity index (χ0) is 17.1. The molecule has 0 amide bonds. The largest absolute Gasteiger partial charge is 0.497 e. The van der Waals surface area contributed by atoms with Crippen LogP contribution in [0.2, 0.25) is 0 Å². The van der Waals surface area contributed by atoms with E-state index in [2.05, 4.69) is 89.0 Å². The van der Waals surface area contributed by atoms with Crippen molar-refractivity contribution < 1.29 is 4.74 Å². The van der Waals surface area contributed by atoms with Gasteiger partial charge in [0.05, 0.1) is 24.5 Å². The molecule has 0 saturated heterocycles. The van der Waals surface area contributed by atoms with Gasteiger partial charge in [-0.05, 0) is 48.0 Å². The van der Waals surface area contributed by atoms with Gasteiger partial charge in [0.15, 0.2) is 0 Å². The van der Waals surface area contributed by atoms with Crippen LogP contribution >= 0.6 is 0 Å². The molecule has 3 aromatic rings. The summed E-state index contributed by atoms with van der Waals surface area (Å²) in [6.07, 6.45) is 4.36. The Morgan fingerprint density at radius 2 is 1.36 bits per heavy atom. The number of hydrogen-bond acceptors (Lipinski definition) is 3. The fraction of sp³-hybridized carbons (Fsp3) is 0.0909. The van der Waals surface area contributed by atoms with Gasteiger partial charge in [0, 0.05) is 6.20 Å². The Bertz CT molecular complexity index is 844. The van der Waals surface area contributed by atoms with Crippen LogP contribution in [0.3, 0.4) is 0 Å². The van der Waals surface area contributed by atoms with Crippen molar-refractivity contribution in [3.63, 3.8) is 0 Å². The summed E-state index contributed by atoms with van der Waals surface area (Å²) in [4.78, 5) is 0. The first-order valence-corrected chi connectivity index (χ1v) is 8.37. The van der Waals surface area contributed by atoms with Crippen LogP contribution in [-0.2, 0) is 0 Å². The van der Waals surface area contributed by atoms with Crippen LogP contribution in [0, 0.1) is 0 Å². The van der Waals surface area contributed by atoms with Gasteiger partial charge in [-0.1, -0.05) is 48.5 Å². The van der Waals surface area contributed by atoms with Crippen LogP contribution in [0.5, 0.6) is 5.75 Å². The van der Waals surface area contributed by atoms with Gasteiger partial charge in [0.1, 0.15) is 5.75 Å². The number of anilines is 2. The molecule has 25 heavy (non-hydrogen) atoms. The zero-order valence-electron chi connectivity index (χ0n) is 14.1. The average molecular weight is 328 g/mol. The van der Waals surface area contributed by atoms with E-state index in [9.17, 15) is 0 Å². The number of ether oxygens (including phenoxy) is 1. The third-order valence-corrected chi connectivity index (χ3v) is 4.40. The van der Waals surface area contributed by atoms with E-state index in [1.54, 1.807) is 7.11 Å². The number of hydrogen-bond donors (Lipinski definition) is 0. The maximum absolute atomic E-state index is 5.28. The smallest absolute Gasteiger partial charge is 0.119 e. The van der Waals surface area contributed by atoms with Crippen molar-refractivity contribution >= 4 is 11.4 Å².